The normalized spacial score (nSPS) is 12.6. The number of allylic oxidation sites excluding steroid dienone is 6. The maximum absolute atomic E-state index is 12.8. The second-order valence-electron chi connectivity index (χ2n) is 10.8. The van der Waals surface area contributed by atoms with Crippen molar-refractivity contribution in [3.63, 3.8) is 0 Å². The Labute approximate surface area is 263 Å². The number of aliphatic hydroxyl groups is 1. The molecule has 0 aliphatic carbocycles. The van der Waals surface area contributed by atoms with Crippen LogP contribution in [0.2, 0.25) is 0 Å². The predicted octanol–water partition coefficient (Wildman–Crippen LogP) is 10.4. The average molecular weight is 589 g/mol. The number of aryl methyl sites for hydroxylation is 1. The smallest absolute Gasteiger partial charge is 0.126 e. The molecule has 0 saturated carbocycles. The van der Waals surface area contributed by atoms with Gasteiger partial charge in [0, 0.05) is 35.5 Å². The molecule has 0 spiro atoms. The third-order valence-electron chi connectivity index (χ3n) is 6.59. The van der Waals surface area contributed by atoms with Crippen LogP contribution < -0.4 is 10.6 Å². The zero-order valence-electron chi connectivity index (χ0n) is 28.3. The van der Waals surface area contributed by atoms with E-state index in [2.05, 4.69) is 119 Å². The van der Waals surface area contributed by atoms with Gasteiger partial charge in [0.1, 0.15) is 5.82 Å². The highest BCUT2D eigenvalue weighted by atomic mass is 19.1. The first-order valence-electron chi connectivity index (χ1n) is 15.7. The molecule has 4 heteroatoms. The molecule has 0 radical (unpaired) electrons. The van der Waals surface area contributed by atoms with Gasteiger partial charge in [-0.3, -0.25) is 0 Å². The Morgan fingerprint density at radius 2 is 1.72 bits per heavy atom. The van der Waals surface area contributed by atoms with E-state index in [4.69, 9.17) is 5.11 Å². The van der Waals surface area contributed by atoms with Crippen LogP contribution in [0.5, 0.6) is 0 Å². The summed E-state index contributed by atoms with van der Waals surface area (Å²) in [5, 5.41) is 14.6. The van der Waals surface area contributed by atoms with Crippen molar-refractivity contribution in [3.8, 4) is 11.8 Å². The second kappa shape index (κ2) is 23.1. The lowest BCUT2D eigenvalue weighted by molar-refractivity contribution is 0.295. The van der Waals surface area contributed by atoms with Gasteiger partial charge >= 0.3 is 0 Å². The topological polar surface area (TPSA) is 44.3 Å². The number of hydrogen-bond acceptors (Lipinski definition) is 3. The predicted molar refractivity (Wildman–Crippen MR) is 189 cm³/mol. The zero-order valence-corrected chi connectivity index (χ0v) is 28.3. The van der Waals surface area contributed by atoms with E-state index in [0.717, 1.165) is 49.2 Å². The molecule has 0 aromatic heterocycles. The van der Waals surface area contributed by atoms with Crippen LogP contribution in [0.25, 0.3) is 5.57 Å². The molecule has 0 heterocycles. The number of nitrogens with one attached hydrogen (secondary N) is 2. The molecule has 2 rings (SSSR count). The number of rotatable bonds is 12. The molecule has 0 saturated heterocycles. The van der Waals surface area contributed by atoms with Crippen molar-refractivity contribution in [1.82, 2.24) is 5.32 Å². The van der Waals surface area contributed by atoms with Gasteiger partial charge in [0.2, 0.25) is 0 Å². The number of halogens is 1. The van der Waals surface area contributed by atoms with Gasteiger partial charge in [0.05, 0.1) is 0 Å². The highest BCUT2D eigenvalue weighted by Crippen LogP contribution is 2.24. The van der Waals surface area contributed by atoms with Crippen molar-refractivity contribution in [3.05, 3.63) is 107 Å². The lowest BCUT2D eigenvalue weighted by Gasteiger charge is -2.32. The summed E-state index contributed by atoms with van der Waals surface area (Å²) in [5.41, 5.74) is 7.29. The van der Waals surface area contributed by atoms with Gasteiger partial charge in [-0.2, -0.15) is 0 Å². The molecule has 0 aliphatic rings. The van der Waals surface area contributed by atoms with Gasteiger partial charge in [0.25, 0.3) is 0 Å². The first kappa shape index (κ1) is 39.6. The minimum atomic E-state index is -0.178. The molecule has 0 amide bonds. The highest BCUT2D eigenvalue weighted by molar-refractivity contribution is 5.76. The molecule has 236 valence electrons. The highest BCUT2D eigenvalue weighted by Gasteiger charge is 2.23. The van der Waals surface area contributed by atoms with Crippen LogP contribution in [0.4, 0.5) is 10.1 Å². The third kappa shape index (κ3) is 16.7. The van der Waals surface area contributed by atoms with E-state index in [9.17, 15) is 4.39 Å². The second-order valence-corrected chi connectivity index (χ2v) is 10.8. The molecule has 2 aromatic carbocycles. The molecular formula is C39H57FN2O. The SMILES string of the molecule is C=C(C)Nc1ccc(F)c(C)c1.CCCO.C\C=C/C(=C\C=C(/C)C(C)(CCC)NCCC)c1cccc(C#CCC)c1. The van der Waals surface area contributed by atoms with Crippen LogP contribution in [-0.2, 0) is 0 Å². The van der Waals surface area contributed by atoms with Crippen molar-refractivity contribution in [2.45, 2.75) is 100.0 Å². The van der Waals surface area contributed by atoms with E-state index in [1.807, 2.05) is 13.8 Å². The summed E-state index contributed by atoms with van der Waals surface area (Å²) in [6.45, 7) is 23.8. The lowest BCUT2D eigenvalue weighted by atomic mass is 9.87. The molecule has 1 atom stereocenters. The van der Waals surface area contributed by atoms with Crippen molar-refractivity contribution in [1.29, 1.82) is 0 Å². The summed E-state index contributed by atoms with van der Waals surface area (Å²) >= 11 is 0. The van der Waals surface area contributed by atoms with Crippen LogP contribution in [0, 0.1) is 24.6 Å². The summed E-state index contributed by atoms with van der Waals surface area (Å²) in [4.78, 5) is 0. The van der Waals surface area contributed by atoms with Gasteiger partial charge in [-0.25, -0.2) is 4.39 Å². The van der Waals surface area contributed by atoms with E-state index >= 15 is 0 Å². The number of benzene rings is 2. The van der Waals surface area contributed by atoms with Crippen LogP contribution in [0.1, 0.15) is 104 Å². The molecule has 3 N–H and O–H groups in total. The van der Waals surface area contributed by atoms with Crippen LogP contribution in [0.3, 0.4) is 0 Å². The van der Waals surface area contributed by atoms with Crippen LogP contribution >= 0.6 is 0 Å². The number of aliphatic hydroxyl groups excluding tert-OH is 1. The van der Waals surface area contributed by atoms with Crippen LogP contribution in [-0.4, -0.2) is 23.8 Å². The molecule has 2 aromatic rings. The first-order chi connectivity index (χ1) is 20.5. The van der Waals surface area contributed by atoms with E-state index in [0.29, 0.717) is 12.2 Å². The lowest BCUT2D eigenvalue weighted by Crippen LogP contribution is -2.43. The Balaban J connectivity index is 0.000000904. The zero-order chi connectivity index (χ0) is 32.7. The van der Waals surface area contributed by atoms with Gasteiger partial charge in [-0.15, -0.1) is 0 Å². The number of hydrogen-bond donors (Lipinski definition) is 3. The summed E-state index contributed by atoms with van der Waals surface area (Å²) in [6.07, 6.45) is 14.0. The van der Waals surface area contributed by atoms with E-state index in [1.54, 1.807) is 19.1 Å². The molecule has 0 aliphatic heterocycles. The van der Waals surface area contributed by atoms with Crippen molar-refractivity contribution >= 4 is 11.3 Å². The fourth-order valence-corrected chi connectivity index (χ4v) is 4.09. The van der Waals surface area contributed by atoms with Crippen molar-refractivity contribution < 1.29 is 9.50 Å². The Kier molecular flexibility index (Phi) is 21.3. The Morgan fingerprint density at radius 1 is 1.02 bits per heavy atom. The van der Waals surface area contributed by atoms with Crippen molar-refractivity contribution in [2.24, 2.45) is 0 Å². The molecule has 3 nitrogen and oxygen atoms in total. The Hall–Kier alpha value is -3.39. The molecule has 43 heavy (non-hydrogen) atoms. The minimum absolute atomic E-state index is 0.0523. The standard InChI is InChI=1S/C26H37N.C10H12FN.C3H8O/c1-7-11-14-23-15-12-16-25(21-23)24(13-8-2)18-17-22(5)26(6,19-9-3)27-20-10-4;1-7(2)12-9-4-5-10(11)8(3)6-9;1-2-3-4/h8,12-13,15-18,21,27H,7,9-10,19-20H2,1-6H3;4-6,12H,1H2,2-3H3;4H,2-3H2,1H3/b13-8-,22-17+,24-18+;;. The summed E-state index contributed by atoms with van der Waals surface area (Å²) in [7, 11) is 0. The minimum Gasteiger partial charge on any atom is -0.396 e. The Morgan fingerprint density at radius 3 is 2.26 bits per heavy atom. The first-order valence-corrected chi connectivity index (χ1v) is 15.7. The van der Waals surface area contributed by atoms with Gasteiger partial charge < -0.3 is 15.7 Å². The molecule has 1 unspecified atom stereocenters. The van der Waals surface area contributed by atoms with Crippen LogP contribution in [0.15, 0.2) is 84.6 Å². The van der Waals surface area contributed by atoms with Gasteiger partial charge in [-0.1, -0.05) is 94.5 Å². The molecule has 0 bridgehead atoms. The summed E-state index contributed by atoms with van der Waals surface area (Å²) < 4.78 is 12.8. The Bertz CT molecular complexity index is 1240. The average Bonchev–Trinajstić information content (AvgIpc) is 2.99. The number of anilines is 1. The van der Waals surface area contributed by atoms with Crippen molar-refractivity contribution in [2.75, 3.05) is 18.5 Å². The quantitative estimate of drug-likeness (QED) is 0.171. The molecular weight excluding hydrogens is 531 g/mol. The third-order valence-corrected chi connectivity index (χ3v) is 6.59. The van der Waals surface area contributed by atoms with Gasteiger partial charge in [-0.05, 0) is 107 Å². The maximum atomic E-state index is 12.8. The summed E-state index contributed by atoms with van der Waals surface area (Å²) in [6, 6.07) is 13.4. The fraction of sp³-hybridized carbons (Fsp3) is 0.436. The monoisotopic (exact) mass is 588 g/mol. The largest absolute Gasteiger partial charge is 0.396 e. The van der Waals surface area contributed by atoms with E-state index in [1.165, 1.54) is 29.2 Å². The van der Waals surface area contributed by atoms with Gasteiger partial charge in [0.15, 0.2) is 0 Å². The van der Waals surface area contributed by atoms with E-state index in [-0.39, 0.29) is 11.4 Å². The fourth-order valence-electron chi connectivity index (χ4n) is 4.09. The van der Waals surface area contributed by atoms with E-state index < -0.39 is 0 Å². The summed E-state index contributed by atoms with van der Waals surface area (Å²) in [5.74, 6) is 6.21. The molecule has 0 fully saturated rings. The maximum Gasteiger partial charge on any atom is 0.126 e.